The molecule has 0 spiro atoms. The van der Waals surface area contributed by atoms with E-state index in [2.05, 4.69) is 58.9 Å². The van der Waals surface area contributed by atoms with Crippen LogP contribution < -0.4 is 15.6 Å². The van der Waals surface area contributed by atoms with Crippen molar-refractivity contribution in [3.05, 3.63) is 49.3 Å². The van der Waals surface area contributed by atoms with Gasteiger partial charge in [0.2, 0.25) is 0 Å². The maximum atomic E-state index is 2.50. The third-order valence-corrected chi connectivity index (χ3v) is 13.6. The van der Waals surface area contributed by atoms with Crippen LogP contribution in [0.5, 0.6) is 0 Å². The van der Waals surface area contributed by atoms with Crippen molar-refractivity contribution in [3.8, 4) is 19.5 Å². The maximum Gasteiger partial charge on any atom is 0.138 e. The Morgan fingerprint density at radius 1 is 0.500 bits per heavy atom. The Morgan fingerprint density at radius 3 is 1.23 bits per heavy atom. The molecule has 26 heavy (non-hydrogen) atoms. The number of thiophene rings is 4. The predicted octanol–water partition coefficient (Wildman–Crippen LogP) is 5.37. The largest absolute Gasteiger partial charge is 0.140 e. The summed E-state index contributed by atoms with van der Waals surface area (Å²) >= 11 is 7.96. The molecule has 0 aromatic carbocycles. The summed E-state index contributed by atoms with van der Waals surface area (Å²) in [5, 5.41) is 4.98. The molecular formula is C21H20S4Si. The fraction of sp³-hybridized carbons (Fsp3) is 0.238. The Labute approximate surface area is 172 Å². The smallest absolute Gasteiger partial charge is 0.138 e. The second kappa shape index (κ2) is 6.01. The Bertz CT molecular complexity index is 1110. The molecule has 0 amide bonds. The van der Waals surface area contributed by atoms with Crippen molar-refractivity contribution in [1.82, 2.24) is 0 Å². The first kappa shape index (κ1) is 17.1. The molecule has 0 radical (unpaired) electrons. The van der Waals surface area contributed by atoms with Gasteiger partial charge in [0.15, 0.2) is 0 Å². The van der Waals surface area contributed by atoms with Crippen LogP contribution >= 0.6 is 45.3 Å². The number of rotatable bonds is 2. The molecule has 0 atom stereocenters. The molecule has 0 unspecified atom stereocenters. The highest BCUT2D eigenvalue weighted by Gasteiger charge is 2.37. The van der Waals surface area contributed by atoms with E-state index in [1.54, 1.807) is 30.2 Å². The highest BCUT2D eigenvalue weighted by molar-refractivity contribution is 7.29. The second-order valence-corrected chi connectivity index (χ2v) is 15.0. The third-order valence-electron chi connectivity index (χ3n) is 5.04. The van der Waals surface area contributed by atoms with Gasteiger partial charge in [-0.1, -0.05) is 0 Å². The topological polar surface area (TPSA) is 0 Å². The molecule has 5 heteroatoms. The van der Waals surface area contributed by atoms with Crippen molar-refractivity contribution in [1.29, 1.82) is 0 Å². The summed E-state index contributed by atoms with van der Waals surface area (Å²) in [4.78, 5) is 12.0. The summed E-state index contributed by atoms with van der Waals surface area (Å²) in [6.07, 6.45) is 0. The first-order valence-electron chi connectivity index (χ1n) is 8.81. The van der Waals surface area contributed by atoms with Gasteiger partial charge in [0.05, 0.1) is 0 Å². The van der Waals surface area contributed by atoms with Gasteiger partial charge in [-0.3, -0.25) is 0 Å². The minimum atomic E-state index is -1.35. The van der Waals surface area contributed by atoms with Gasteiger partial charge in [0, 0.05) is 39.0 Å². The normalized spacial score (nSPS) is 13.4. The lowest BCUT2D eigenvalue weighted by Gasteiger charge is -2.11. The monoisotopic (exact) mass is 428 g/mol. The zero-order chi connectivity index (χ0) is 18.2. The Hall–Kier alpha value is -0.983. The summed E-state index contributed by atoms with van der Waals surface area (Å²) in [6.45, 7) is 11.3. The van der Waals surface area contributed by atoms with E-state index in [4.69, 9.17) is 0 Å². The SMILES string of the molecule is Cc1cc(C)c(-c2sc(C)cc2[SiH]2c3cc(C)sc3-c3sc(C)cc32)s1. The van der Waals surface area contributed by atoms with Gasteiger partial charge in [0.25, 0.3) is 0 Å². The molecule has 0 bridgehead atoms. The van der Waals surface area contributed by atoms with Gasteiger partial charge in [-0.05, 0) is 80.0 Å². The van der Waals surface area contributed by atoms with E-state index in [0.717, 1.165) is 0 Å². The van der Waals surface area contributed by atoms with Crippen LogP contribution in [-0.4, -0.2) is 8.80 Å². The van der Waals surface area contributed by atoms with Crippen molar-refractivity contribution in [2.75, 3.05) is 0 Å². The van der Waals surface area contributed by atoms with Gasteiger partial charge < -0.3 is 0 Å². The Balaban J connectivity index is 1.77. The van der Waals surface area contributed by atoms with Crippen LogP contribution in [0.1, 0.15) is 25.1 Å². The molecule has 1 aliphatic rings. The quantitative estimate of drug-likeness (QED) is 0.332. The standard InChI is InChI=1S/C21H20S4Si/c1-10-6-11(2)22-18(10)19-15(7-12(3)23-19)26-16-8-13(4)24-20(16)21-17(26)9-14(5)25-21/h6-9,26H,1-5H3. The molecule has 4 aromatic rings. The van der Waals surface area contributed by atoms with E-state index < -0.39 is 8.80 Å². The van der Waals surface area contributed by atoms with Crippen LogP contribution in [0.2, 0.25) is 0 Å². The van der Waals surface area contributed by atoms with Crippen LogP contribution in [0.4, 0.5) is 0 Å². The molecule has 0 N–H and O–H groups in total. The first-order chi connectivity index (χ1) is 12.4. The average molecular weight is 429 g/mol. The molecule has 1 aliphatic heterocycles. The molecule has 132 valence electrons. The van der Waals surface area contributed by atoms with Crippen LogP contribution in [0, 0.1) is 34.6 Å². The van der Waals surface area contributed by atoms with Crippen molar-refractivity contribution < 1.29 is 0 Å². The summed E-state index contributed by atoms with van der Waals surface area (Å²) in [5.41, 5.74) is 1.44. The van der Waals surface area contributed by atoms with E-state index in [1.165, 1.54) is 29.9 Å². The van der Waals surface area contributed by atoms with Gasteiger partial charge in [-0.2, -0.15) is 0 Å². The molecular weight excluding hydrogens is 409 g/mol. The summed E-state index contributed by atoms with van der Waals surface area (Å²) in [5.74, 6) is 0. The number of fused-ring (bicyclic) bond motifs is 3. The highest BCUT2D eigenvalue weighted by atomic mass is 32.1. The minimum absolute atomic E-state index is 1.35. The lowest BCUT2D eigenvalue weighted by Crippen LogP contribution is -2.48. The molecule has 5 heterocycles. The van der Waals surface area contributed by atoms with E-state index in [-0.39, 0.29) is 0 Å². The molecule has 0 nitrogen and oxygen atoms in total. The van der Waals surface area contributed by atoms with Gasteiger partial charge in [0.1, 0.15) is 8.80 Å². The fourth-order valence-electron chi connectivity index (χ4n) is 4.15. The number of aryl methyl sites for hydroxylation is 5. The minimum Gasteiger partial charge on any atom is -0.140 e. The second-order valence-electron chi connectivity index (χ2n) is 7.23. The summed E-state index contributed by atoms with van der Waals surface area (Å²) in [7, 11) is -1.35. The highest BCUT2D eigenvalue weighted by Crippen LogP contribution is 2.39. The molecule has 0 aliphatic carbocycles. The lowest BCUT2D eigenvalue weighted by atomic mass is 10.2. The third kappa shape index (κ3) is 2.48. The maximum absolute atomic E-state index is 2.50. The summed E-state index contributed by atoms with van der Waals surface area (Å²) in [6, 6.07) is 9.82. The van der Waals surface area contributed by atoms with E-state index >= 15 is 0 Å². The predicted molar refractivity (Wildman–Crippen MR) is 125 cm³/mol. The Morgan fingerprint density at radius 2 is 0.846 bits per heavy atom. The van der Waals surface area contributed by atoms with Crippen LogP contribution in [-0.2, 0) is 0 Å². The first-order valence-corrected chi connectivity index (χ1v) is 13.8. The van der Waals surface area contributed by atoms with Crippen LogP contribution in [0.15, 0.2) is 24.3 Å². The van der Waals surface area contributed by atoms with Crippen molar-refractivity contribution in [3.63, 3.8) is 0 Å². The summed E-state index contributed by atoms with van der Waals surface area (Å²) < 4.78 is 0. The molecule has 0 saturated carbocycles. The molecule has 0 saturated heterocycles. The van der Waals surface area contributed by atoms with Crippen molar-refractivity contribution in [2.24, 2.45) is 0 Å². The Kier molecular flexibility index (Phi) is 3.96. The lowest BCUT2D eigenvalue weighted by molar-refractivity contribution is 1.51. The number of hydrogen-bond acceptors (Lipinski definition) is 4. The van der Waals surface area contributed by atoms with Gasteiger partial charge in [-0.15, -0.1) is 45.3 Å². The van der Waals surface area contributed by atoms with E-state index in [0.29, 0.717) is 0 Å². The number of hydrogen-bond donors (Lipinski definition) is 0. The van der Waals surface area contributed by atoms with Gasteiger partial charge >= 0.3 is 0 Å². The average Bonchev–Trinajstić information content (AvgIpc) is 3.31. The zero-order valence-corrected chi connectivity index (χ0v) is 19.9. The van der Waals surface area contributed by atoms with Crippen molar-refractivity contribution >= 4 is 69.7 Å². The van der Waals surface area contributed by atoms with E-state index in [1.807, 2.05) is 45.3 Å². The van der Waals surface area contributed by atoms with Crippen molar-refractivity contribution in [2.45, 2.75) is 34.6 Å². The fourth-order valence-corrected chi connectivity index (χ4v) is 14.1. The molecule has 5 rings (SSSR count). The van der Waals surface area contributed by atoms with Crippen LogP contribution in [0.3, 0.4) is 0 Å². The van der Waals surface area contributed by atoms with Crippen LogP contribution in [0.25, 0.3) is 19.5 Å². The molecule has 0 fully saturated rings. The van der Waals surface area contributed by atoms with Gasteiger partial charge in [-0.25, -0.2) is 0 Å². The van der Waals surface area contributed by atoms with E-state index in [9.17, 15) is 0 Å². The molecule has 4 aromatic heterocycles. The zero-order valence-electron chi connectivity index (χ0n) is 15.5.